The van der Waals surface area contributed by atoms with Gasteiger partial charge < -0.3 is 10.4 Å². The van der Waals surface area contributed by atoms with Crippen LogP contribution >= 0.6 is 0 Å². The normalized spacial score (nSPS) is 18.7. The van der Waals surface area contributed by atoms with Crippen LogP contribution in [-0.4, -0.2) is 17.3 Å². The van der Waals surface area contributed by atoms with Crippen LogP contribution in [0.15, 0.2) is 24.3 Å². The van der Waals surface area contributed by atoms with Crippen molar-refractivity contribution in [1.29, 1.82) is 0 Å². The smallest absolute Gasteiger partial charge is 0.0661 e. The SMILES string of the molecule is Cc1ccccc1NC1(CO)CCC1. The molecule has 1 fully saturated rings. The van der Waals surface area contributed by atoms with E-state index in [1.54, 1.807) is 0 Å². The lowest BCUT2D eigenvalue weighted by Crippen LogP contribution is -2.48. The van der Waals surface area contributed by atoms with Gasteiger partial charge in [-0.15, -0.1) is 0 Å². The molecule has 0 saturated heterocycles. The fourth-order valence-electron chi connectivity index (χ4n) is 1.93. The average Bonchev–Trinajstić information content (AvgIpc) is 2.14. The Balaban J connectivity index is 2.13. The number of para-hydroxylation sites is 1. The molecule has 0 radical (unpaired) electrons. The van der Waals surface area contributed by atoms with Gasteiger partial charge in [0.2, 0.25) is 0 Å². The lowest BCUT2D eigenvalue weighted by Gasteiger charge is -2.42. The number of hydrogen-bond donors (Lipinski definition) is 2. The Morgan fingerprint density at radius 1 is 1.36 bits per heavy atom. The van der Waals surface area contributed by atoms with Gasteiger partial charge in [0.15, 0.2) is 0 Å². The molecule has 0 bridgehead atoms. The summed E-state index contributed by atoms with van der Waals surface area (Å²) >= 11 is 0. The number of aliphatic hydroxyl groups is 1. The molecule has 1 aliphatic carbocycles. The van der Waals surface area contributed by atoms with E-state index in [2.05, 4.69) is 24.4 Å². The van der Waals surface area contributed by atoms with Crippen LogP contribution in [0.4, 0.5) is 5.69 Å². The summed E-state index contributed by atoms with van der Waals surface area (Å²) in [6.45, 7) is 2.33. The molecular weight excluding hydrogens is 174 g/mol. The van der Waals surface area contributed by atoms with Crippen LogP contribution in [0.25, 0.3) is 0 Å². The van der Waals surface area contributed by atoms with Crippen molar-refractivity contribution in [3.8, 4) is 0 Å². The highest BCUT2D eigenvalue weighted by atomic mass is 16.3. The summed E-state index contributed by atoms with van der Waals surface area (Å²) in [6.07, 6.45) is 3.38. The van der Waals surface area contributed by atoms with Crippen molar-refractivity contribution in [2.45, 2.75) is 31.7 Å². The summed E-state index contributed by atoms with van der Waals surface area (Å²) in [5.74, 6) is 0. The number of hydrogen-bond acceptors (Lipinski definition) is 2. The predicted octanol–water partition coefficient (Wildman–Crippen LogP) is 2.32. The Morgan fingerprint density at radius 2 is 2.07 bits per heavy atom. The van der Waals surface area contributed by atoms with Crippen molar-refractivity contribution in [3.05, 3.63) is 29.8 Å². The molecule has 1 saturated carbocycles. The van der Waals surface area contributed by atoms with Crippen LogP contribution < -0.4 is 5.32 Å². The van der Waals surface area contributed by atoms with Crippen LogP contribution in [0, 0.1) is 6.92 Å². The molecule has 0 atom stereocenters. The van der Waals surface area contributed by atoms with Gasteiger partial charge in [0.05, 0.1) is 12.1 Å². The maximum atomic E-state index is 9.33. The van der Waals surface area contributed by atoms with Crippen molar-refractivity contribution in [2.75, 3.05) is 11.9 Å². The van der Waals surface area contributed by atoms with Gasteiger partial charge in [0, 0.05) is 5.69 Å². The molecule has 2 N–H and O–H groups in total. The fourth-order valence-corrected chi connectivity index (χ4v) is 1.93. The molecule has 1 aromatic rings. The van der Waals surface area contributed by atoms with E-state index >= 15 is 0 Å². The van der Waals surface area contributed by atoms with Gasteiger partial charge in [-0.2, -0.15) is 0 Å². The second-order valence-corrected chi connectivity index (χ2v) is 4.23. The monoisotopic (exact) mass is 191 g/mol. The van der Waals surface area contributed by atoms with Gasteiger partial charge in [-0.1, -0.05) is 18.2 Å². The van der Waals surface area contributed by atoms with Crippen LogP contribution in [0.5, 0.6) is 0 Å². The van der Waals surface area contributed by atoms with Crippen LogP contribution in [-0.2, 0) is 0 Å². The van der Waals surface area contributed by atoms with Gasteiger partial charge in [-0.25, -0.2) is 0 Å². The molecule has 0 heterocycles. The van der Waals surface area contributed by atoms with Crippen LogP contribution in [0.1, 0.15) is 24.8 Å². The topological polar surface area (TPSA) is 32.3 Å². The molecule has 2 heteroatoms. The van der Waals surface area contributed by atoms with E-state index in [0.717, 1.165) is 18.5 Å². The first-order valence-electron chi connectivity index (χ1n) is 5.20. The number of rotatable bonds is 3. The van der Waals surface area contributed by atoms with E-state index in [9.17, 15) is 5.11 Å². The average molecular weight is 191 g/mol. The van der Waals surface area contributed by atoms with E-state index in [0.29, 0.717) is 0 Å². The minimum absolute atomic E-state index is 0.0356. The zero-order valence-electron chi connectivity index (χ0n) is 8.59. The molecule has 76 valence electrons. The molecular formula is C12H17NO. The van der Waals surface area contributed by atoms with Gasteiger partial charge in [0.1, 0.15) is 0 Å². The first kappa shape index (κ1) is 9.53. The summed E-state index contributed by atoms with van der Waals surface area (Å²) in [4.78, 5) is 0. The van der Waals surface area contributed by atoms with Crippen molar-refractivity contribution in [2.24, 2.45) is 0 Å². The maximum absolute atomic E-state index is 9.33. The van der Waals surface area contributed by atoms with E-state index in [4.69, 9.17) is 0 Å². The largest absolute Gasteiger partial charge is 0.394 e. The number of anilines is 1. The third-order valence-electron chi connectivity index (χ3n) is 3.16. The number of benzene rings is 1. The van der Waals surface area contributed by atoms with Crippen LogP contribution in [0.2, 0.25) is 0 Å². The molecule has 0 spiro atoms. The molecule has 2 rings (SSSR count). The van der Waals surface area contributed by atoms with Crippen molar-refractivity contribution >= 4 is 5.69 Å². The van der Waals surface area contributed by atoms with Crippen LogP contribution in [0.3, 0.4) is 0 Å². The predicted molar refractivity (Wildman–Crippen MR) is 58.5 cm³/mol. The van der Waals surface area contributed by atoms with Gasteiger partial charge in [-0.05, 0) is 37.8 Å². The Labute approximate surface area is 85.0 Å². The Hall–Kier alpha value is -1.02. The molecule has 1 aromatic carbocycles. The molecule has 0 aliphatic heterocycles. The summed E-state index contributed by atoms with van der Waals surface area (Å²) in [5.41, 5.74) is 2.36. The van der Waals surface area contributed by atoms with E-state index in [1.807, 2.05) is 12.1 Å². The lowest BCUT2D eigenvalue weighted by atomic mass is 9.77. The number of aliphatic hydroxyl groups excluding tert-OH is 1. The highest BCUT2D eigenvalue weighted by Gasteiger charge is 2.36. The standard InChI is InChI=1S/C12H17NO/c1-10-5-2-3-6-11(10)13-12(9-14)7-4-8-12/h2-3,5-6,13-14H,4,7-9H2,1H3. The third kappa shape index (κ3) is 1.62. The fraction of sp³-hybridized carbons (Fsp3) is 0.500. The van der Waals surface area contributed by atoms with Gasteiger partial charge in [0.25, 0.3) is 0 Å². The first-order valence-corrected chi connectivity index (χ1v) is 5.20. The van der Waals surface area contributed by atoms with Crippen molar-refractivity contribution in [1.82, 2.24) is 0 Å². The molecule has 1 aliphatic rings. The summed E-state index contributed by atoms with van der Waals surface area (Å²) in [6, 6.07) is 8.23. The molecule has 14 heavy (non-hydrogen) atoms. The highest BCUT2D eigenvalue weighted by molar-refractivity contribution is 5.52. The highest BCUT2D eigenvalue weighted by Crippen LogP contribution is 2.35. The second-order valence-electron chi connectivity index (χ2n) is 4.23. The Bertz CT molecular complexity index is 312. The lowest BCUT2D eigenvalue weighted by molar-refractivity contribution is 0.144. The molecule has 0 amide bonds. The van der Waals surface area contributed by atoms with Gasteiger partial charge in [-0.3, -0.25) is 0 Å². The molecule has 2 nitrogen and oxygen atoms in total. The zero-order valence-corrected chi connectivity index (χ0v) is 8.59. The Morgan fingerprint density at radius 3 is 2.57 bits per heavy atom. The van der Waals surface area contributed by atoms with Crippen molar-refractivity contribution in [3.63, 3.8) is 0 Å². The quantitative estimate of drug-likeness (QED) is 0.768. The maximum Gasteiger partial charge on any atom is 0.0661 e. The second kappa shape index (κ2) is 3.62. The Kier molecular flexibility index (Phi) is 2.46. The molecule has 0 unspecified atom stereocenters. The number of nitrogens with one attached hydrogen (secondary N) is 1. The summed E-state index contributed by atoms with van der Waals surface area (Å²) in [5, 5.41) is 12.8. The zero-order chi connectivity index (χ0) is 10.0. The minimum Gasteiger partial charge on any atom is -0.394 e. The molecule has 0 aromatic heterocycles. The number of aryl methyl sites for hydroxylation is 1. The minimum atomic E-state index is -0.0356. The summed E-state index contributed by atoms with van der Waals surface area (Å²) < 4.78 is 0. The summed E-state index contributed by atoms with van der Waals surface area (Å²) in [7, 11) is 0. The van der Waals surface area contributed by atoms with Crippen molar-refractivity contribution < 1.29 is 5.11 Å². The first-order chi connectivity index (χ1) is 6.76. The van der Waals surface area contributed by atoms with E-state index in [-0.39, 0.29) is 12.1 Å². The van der Waals surface area contributed by atoms with E-state index < -0.39 is 0 Å². The third-order valence-corrected chi connectivity index (χ3v) is 3.16. The van der Waals surface area contributed by atoms with Gasteiger partial charge >= 0.3 is 0 Å². The van der Waals surface area contributed by atoms with E-state index in [1.165, 1.54) is 12.0 Å².